The van der Waals surface area contributed by atoms with E-state index in [1.165, 1.54) is 12.8 Å². The van der Waals surface area contributed by atoms with E-state index in [9.17, 15) is 9.59 Å². The highest BCUT2D eigenvalue weighted by Crippen LogP contribution is 2.30. The molecule has 0 spiro atoms. The summed E-state index contributed by atoms with van der Waals surface area (Å²) in [7, 11) is 0. The molecule has 2 N–H and O–H groups in total. The molecule has 1 aromatic rings. The Labute approximate surface area is 124 Å². The lowest BCUT2D eigenvalue weighted by atomic mass is 10.1. The minimum absolute atomic E-state index is 0.0429. The van der Waals surface area contributed by atoms with Gasteiger partial charge in [-0.3, -0.25) is 9.59 Å². The zero-order chi connectivity index (χ0) is 15.2. The lowest BCUT2D eigenvalue weighted by Gasteiger charge is -2.15. The normalized spacial score (nSPS) is 15.3. The molecule has 1 saturated carbocycles. The van der Waals surface area contributed by atoms with Gasteiger partial charge in [0, 0.05) is 12.5 Å². The quantitative estimate of drug-likeness (QED) is 0.771. The first-order chi connectivity index (χ1) is 10.1. The molecule has 0 radical (unpaired) electrons. The molecule has 21 heavy (non-hydrogen) atoms. The summed E-state index contributed by atoms with van der Waals surface area (Å²) in [6, 6.07) is 6.96. The fourth-order valence-electron chi connectivity index (χ4n) is 1.99. The van der Waals surface area contributed by atoms with Crippen molar-refractivity contribution in [2.75, 3.05) is 6.61 Å². The molecule has 5 nitrogen and oxygen atoms in total. The lowest BCUT2D eigenvalue weighted by Crippen LogP contribution is -2.33. The van der Waals surface area contributed by atoms with Crippen molar-refractivity contribution >= 4 is 11.9 Å². The van der Waals surface area contributed by atoms with Crippen LogP contribution in [-0.4, -0.2) is 29.6 Å². The van der Waals surface area contributed by atoms with Crippen LogP contribution in [0.3, 0.4) is 0 Å². The Hall–Kier alpha value is -2.04. The number of aliphatic carboxylic acids is 1. The number of hydrogen-bond donors (Lipinski definition) is 2. The number of carboxylic acids is 1. The second-order valence-corrected chi connectivity index (χ2v) is 5.56. The molecule has 1 unspecified atom stereocenters. The summed E-state index contributed by atoms with van der Waals surface area (Å²) in [4.78, 5) is 22.8. The molecule has 0 heterocycles. The van der Waals surface area contributed by atoms with Gasteiger partial charge in [-0.1, -0.05) is 12.1 Å². The van der Waals surface area contributed by atoms with Gasteiger partial charge in [-0.15, -0.1) is 0 Å². The van der Waals surface area contributed by atoms with Crippen LogP contribution in [0, 0.1) is 5.92 Å². The predicted octanol–water partition coefficient (Wildman–Crippen LogP) is 2.46. The first-order valence-electron chi connectivity index (χ1n) is 7.30. The van der Waals surface area contributed by atoms with Crippen LogP contribution >= 0.6 is 0 Å². The van der Waals surface area contributed by atoms with Crippen LogP contribution in [0.25, 0.3) is 0 Å². The zero-order valence-corrected chi connectivity index (χ0v) is 12.2. The predicted molar refractivity (Wildman–Crippen MR) is 78.5 cm³/mol. The van der Waals surface area contributed by atoms with Gasteiger partial charge in [-0.2, -0.15) is 0 Å². The number of carbonyl (C=O) groups is 2. The van der Waals surface area contributed by atoms with Gasteiger partial charge in [0.25, 0.3) is 5.91 Å². The average molecular weight is 291 g/mol. The molecular weight excluding hydrogens is 270 g/mol. The maximum Gasteiger partial charge on any atom is 0.303 e. The second kappa shape index (κ2) is 7.11. The van der Waals surface area contributed by atoms with Crippen LogP contribution in [0.1, 0.15) is 43.0 Å². The summed E-state index contributed by atoms with van der Waals surface area (Å²) in [5, 5.41) is 11.5. The molecule has 0 saturated heterocycles. The lowest BCUT2D eigenvalue weighted by molar-refractivity contribution is -0.137. The van der Waals surface area contributed by atoms with Crippen molar-refractivity contribution in [2.45, 2.75) is 38.6 Å². The Balaban J connectivity index is 1.92. The van der Waals surface area contributed by atoms with E-state index in [1.807, 2.05) is 6.07 Å². The van der Waals surface area contributed by atoms with Crippen molar-refractivity contribution in [1.82, 2.24) is 5.32 Å². The summed E-state index contributed by atoms with van der Waals surface area (Å²) in [5.74, 6) is 0.131. The minimum Gasteiger partial charge on any atom is -0.492 e. The molecule has 1 aliphatic rings. The minimum atomic E-state index is -0.857. The average Bonchev–Trinajstić information content (AvgIpc) is 3.27. The van der Waals surface area contributed by atoms with Gasteiger partial charge in [0.2, 0.25) is 0 Å². The molecule has 114 valence electrons. The highest BCUT2D eigenvalue weighted by molar-refractivity contribution is 5.97. The number of carboxylic acid groups (broad SMARTS) is 1. The Kier molecular flexibility index (Phi) is 5.20. The number of para-hydroxylation sites is 1. The summed E-state index contributed by atoms with van der Waals surface area (Å²) in [6.07, 6.45) is 2.84. The molecule has 0 aromatic heterocycles. The largest absolute Gasteiger partial charge is 0.492 e. The van der Waals surface area contributed by atoms with Gasteiger partial charge in [-0.25, -0.2) is 0 Å². The highest BCUT2D eigenvalue weighted by atomic mass is 16.5. The molecule has 5 heteroatoms. The Bertz CT molecular complexity index is 511. The highest BCUT2D eigenvalue weighted by Gasteiger charge is 2.23. The molecule has 1 atom stereocenters. The number of nitrogens with one attached hydrogen (secondary N) is 1. The molecular formula is C16H21NO4. The molecule has 2 rings (SSSR count). The van der Waals surface area contributed by atoms with Crippen molar-refractivity contribution in [3.8, 4) is 5.75 Å². The molecule has 0 bridgehead atoms. The second-order valence-electron chi connectivity index (χ2n) is 5.56. The van der Waals surface area contributed by atoms with Gasteiger partial charge >= 0.3 is 5.97 Å². The van der Waals surface area contributed by atoms with Gasteiger partial charge < -0.3 is 15.2 Å². The van der Waals surface area contributed by atoms with Gasteiger partial charge in [0.1, 0.15) is 5.75 Å². The van der Waals surface area contributed by atoms with Crippen LogP contribution < -0.4 is 10.1 Å². The van der Waals surface area contributed by atoms with Crippen molar-refractivity contribution in [1.29, 1.82) is 0 Å². The standard InChI is InChI=1S/C16H21NO4/c1-11(6-9-15(18)19)17-16(20)13-4-2-3-5-14(13)21-10-12-7-8-12/h2-5,11-12H,6-10H2,1H3,(H,17,20)(H,18,19). The van der Waals surface area contributed by atoms with E-state index in [0.717, 1.165) is 0 Å². The van der Waals surface area contributed by atoms with E-state index < -0.39 is 5.97 Å². The van der Waals surface area contributed by atoms with Crippen LogP contribution in [-0.2, 0) is 4.79 Å². The topological polar surface area (TPSA) is 75.6 Å². The SMILES string of the molecule is CC(CCC(=O)O)NC(=O)c1ccccc1OCC1CC1. The number of rotatable bonds is 8. The maximum absolute atomic E-state index is 12.2. The molecule has 1 aliphatic carbocycles. The summed E-state index contributed by atoms with van der Waals surface area (Å²) in [5.41, 5.74) is 0.500. The third-order valence-electron chi connectivity index (χ3n) is 3.47. The maximum atomic E-state index is 12.2. The van der Waals surface area contributed by atoms with Crippen molar-refractivity contribution in [3.63, 3.8) is 0 Å². The fraction of sp³-hybridized carbons (Fsp3) is 0.500. The Morgan fingerprint density at radius 1 is 1.38 bits per heavy atom. The van der Waals surface area contributed by atoms with Gasteiger partial charge in [0.05, 0.1) is 12.2 Å². The molecule has 1 fully saturated rings. The monoisotopic (exact) mass is 291 g/mol. The van der Waals surface area contributed by atoms with Crippen molar-refractivity contribution in [3.05, 3.63) is 29.8 Å². The number of carbonyl (C=O) groups excluding carboxylic acids is 1. The van der Waals surface area contributed by atoms with E-state index >= 15 is 0 Å². The molecule has 1 amide bonds. The van der Waals surface area contributed by atoms with Gasteiger partial charge in [-0.05, 0) is 44.2 Å². The van der Waals surface area contributed by atoms with E-state index in [2.05, 4.69) is 5.32 Å². The smallest absolute Gasteiger partial charge is 0.303 e. The first kappa shape index (κ1) is 15.4. The number of amides is 1. The van der Waals surface area contributed by atoms with E-state index in [4.69, 9.17) is 9.84 Å². The third kappa shape index (κ3) is 5.10. The van der Waals surface area contributed by atoms with E-state index in [1.54, 1.807) is 25.1 Å². The number of ether oxygens (including phenoxy) is 1. The molecule has 0 aliphatic heterocycles. The summed E-state index contributed by atoms with van der Waals surface area (Å²) < 4.78 is 5.71. The Morgan fingerprint density at radius 3 is 2.76 bits per heavy atom. The summed E-state index contributed by atoms with van der Waals surface area (Å²) >= 11 is 0. The van der Waals surface area contributed by atoms with E-state index in [0.29, 0.717) is 30.3 Å². The number of benzene rings is 1. The molecule has 1 aromatic carbocycles. The summed E-state index contributed by atoms with van der Waals surface area (Å²) in [6.45, 7) is 2.45. The van der Waals surface area contributed by atoms with Gasteiger partial charge in [0.15, 0.2) is 0 Å². The zero-order valence-electron chi connectivity index (χ0n) is 12.2. The van der Waals surface area contributed by atoms with Crippen LogP contribution in [0.15, 0.2) is 24.3 Å². The third-order valence-corrected chi connectivity index (χ3v) is 3.47. The van der Waals surface area contributed by atoms with Crippen molar-refractivity contribution < 1.29 is 19.4 Å². The fourth-order valence-corrected chi connectivity index (χ4v) is 1.99. The van der Waals surface area contributed by atoms with E-state index in [-0.39, 0.29) is 18.4 Å². The first-order valence-corrected chi connectivity index (χ1v) is 7.30. The van der Waals surface area contributed by atoms with Crippen LogP contribution in [0.5, 0.6) is 5.75 Å². The van der Waals surface area contributed by atoms with Crippen LogP contribution in [0.2, 0.25) is 0 Å². The van der Waals surface area contributed by atoms with Crippen LogP contribution in [0.4, 0.5) is 0 Å². The van der Waals surface area contributed by atoms with Crippen molar-refractivity contribution in [2.24, 2.45) is 5.92 Å². The number of hydrogen-bond acceptors (Lipinski definition) is 3. The Morgan fingerprint density at radius 2 is 2.10 bits per heavy atom.